The minimum Gasteiger partial charge on any atom is -0.237 e. The lowest BCUT2D eigenvalue weighted by atomic mass is 10.3. The number of halogens is 5. The van der Waals surface area contributed by atoms with E-state index in [2.05, 4.69) is 15.9 Å². The van der Waals surface area contributed by atoms with Crippen molar-refractivity contribution in [1.29, 1.82) is 0 Å². The molecule has 0 aromatic heterocycles. The molecule has 0 fully saturated rings. The highest BCUT2D eigenvalue weighted by molar-refractivity contribution is 9.09. The van der Waals surface area contributed by atoms with Gasteiger partial charge in [-0.15, -0.1) is 0 Å². The standard InChI is InChI=1S/C4H5BrF4/c5-2-1-3(6)4(7,8)9/h3H,1-2H2. The molecule has 0 saturated heterocycles. The molecule has 0 aliphatic heterocycles. The Morgan fingerprint density at radius 3 is 1.89 bits per heavy atom. The molecular formula is C4H5BrF4. The van der Waals surface area contributed by atoms with Crippen LogP contribution in [-0.4, -0.2) is 17.7 Å². The van der Waals surface area contributed by atoms with Gasteiger partial charge in [-0.2, -0.15) is 13.2 Å². The number of rotatable bonds is 2. The van der Waals surface area contributed by atoms with Gasteiger partial charge >= 0.3 is 6.18 Å². The van der Waals surface area contributed by atoms with Crippen molar-refractivity contribution in [1.82, 2.24) is 0 Å². The minimum absolute atomic E-state index is 0.0354. The summed E-state index contributed by atoms with van der Waals surface area (Å²) < 4.78 is 45.5. The normalized spacial score (nSPS) is 15.7. The van der Waals surface area contributed by atoms with Crippen LogP contribution in [0.3, 0.4) is 0 Å². The Morgan fingerprint density at radius 1 is 1.33 bits per heavy atom. The van der Waals surface area contributed by atoms with Gasteiger partial charge < -0.3 is 0 Å². The van der Waals surface area contributed by atoms with E-state index < -0.39 is 18.8 Å². The first-order valence-electron chi connectivity index (χ1n) is 2.25. The Hall–Kier alpha value is 0.200. The van der Waals surface area contributed by atoms with E-state index in [1.54, 1.807) is 0 Å². The van der Waals surface area contributed by atoms with Crippen molar-refractivity contribution < 1.29 is 17.6 Å². The quantitative estimate of drug-likeness (QED) is 0.484. The molecule has 0 heterocycles. The molecule has 9 heavy (non-hydrogen) atoms. The van der Waals surface area contributed by atoms with E-state index in [-0.39, 0.29) is 5.33 Å². The molecule has 0 aliphatic rings. The molecule has 5 heteroatoms. The van der Waals surface area contributed by atoms with Crippen LogP contribution in [0.25, 0.3) is 0 Å². The molecule has 0 amide bonds. The van der Waals surface area contributed by atoms with E-state index >= 15 is 0 Å². The van der Waals surface area contributed by atoms with Crippen LogP contribution >= 0.6 is 15.9 Å². The van der Waals surface area contributed by atoms with Crippen LogP contribution in [-0.2, 0) is 0 Å². The molecule has 56 valence electrons. The van der Waals surface area contributed by atoms with E-state index in [0.29, 0.717) is 0 Å². The zero-order valence-corrected chi connectivity index (χ0v) is 5.97. The molecule has 0 aromatic rings. The van der Waals surface area contributed by atoms with Gasteiger partial charge in [-0.05, 0) is 6.42 Å². The van der Waals surface area contributed by atoms with Crippen molar-refractivity contribution in [3.63, 3.8) is 0 Å². The van der Waals surface area contributed by atoms with Gasteiger partial charge in [-0.1, -0.05) is 15.9 Å². The van der Waals surface area contributed by atoms with E-state index in [9.17, 15) is 17.6 Å². The van der Waals surface area contributed by atoms with Gasteiger partial charge in [0.2, 0.25) is 0 Å². The Bertz CT molecular complexity index is 79.1. The number of alkyl halides is 5. The summed E-state index contributed by atoms with van der Waals surface area (Å²) in [6.45, 7) is 0. The molecule has 0 spiro atoms. The highest BCUT2D eigenvalue weighted by atomic mass is 79.9. The molecule has 0 saturated carbocycles. The van der Waals surface area contributed by atoms with Gasteiger partial charge in [-0.25, -0.2) is 4.39 Å². The van der Waals surface area contributed by atoms with Gasteiger partial charge in [0.05, 0.1) is 0 Å². The first-order valence-corrected chi connectivity index (χ1v) is 3.37. The van der Waals surface area contributed by atoms with Gasteiger partial charge in [0.15, 0.2) is 6.17 Å². The van der Waals surface area contributed by atoms with Crippen molar-refractivity contribution in [3.05, 3.63) is 0 Å². The van der Waals surface area contributed by atoms with Crippen LogP contribution in [0.5, 0.6) is 0 Å². The third-order valence-corrected chi connectivity index (χ3v) is 1.18. The first kappa shape index (κ1) is 9.20. The molecule has 0 N–H and O–H groups in total. The predicted octanol–water partition coefficient (Wildman–Crippen LogP) is 2.67. The van der Waals surface area contributed by atoms with Crippen LogP contribution in [0.1, 0.15) is 6.42 Å². The van der Waals surface area contributed by atoms with Crippen molar-refractivity contribution in [2.45, 2.75) is 18.8 Å². The monoisotopic (exact) mass is 208 g/mol. The molecule has 0 nitrogen and oxygen atoms in total. The summed E-state index contributed by atoms with van der Waals surface area (Å²) in [6, 6.07) is 0. The second-order valence-electron chi connectivity index (χ2n) is 1.49. The summed E-state index contributed by atoms with van der Waals surface area (Å²) in [5.74, 6) is 0. The average Bonchev–Trinajstić information content (AvgIpc) is 1.64. The van der Waals surface area contributed by atoms with Crippen LogP contribution < -0.4 is 0 Å². The van der Waals surface area contributed by atoms with Crippen LogP contribution in [0.2, 0.25) is 0 Å². The zero-order valence-electron chi connectivity index (χ0n) is 4.38. The van der Waals surface area contributed by atoms with Gasteiger partial charge in [-0.3, -0.25) is 0 Å². The third-order valence-electron chi connectivity index (χ3n) is 0.718. The summed E-state index contributed by atoms with van der Waals surface area (Å²) in [5.41, 5.74) is 0. The lowest BCUT2D eigenvalue weighted by Gasteiger charge is -2.09. The largest absolute Gasteiger partial charge is 0.419 e. The lowest BCUT2D eigenvalue weighted by Crippen LogP contribution is -2.24. The van der Waals surface area contributed by atoms with Crippen molar-refractivity contribution in [3.8, 4) is 0 Å². The second kappa shape index (κ2) is 3.39. The number of hydrogen-bond acceptors (Lipinski definition) is 0. The van der Waals surface area contributed by atoms with Gasteiger partial charge in [0.1, 0.15) is 0 Å². The molecule has 1 atom stereocenters. The fourth-order valence-corrected chi connectivity index (χ4v) is 0.661. The van der Waals surface area contributed by atoms with E-state index in [4.69, 9.17) is 0 Å². The first-order chi connectivity index (χ1) is 3.98. The predicted molar refractivity (Wildman–Crippen MR) is 29.4 cm³/mol. The van der Waals surface area contributed by atoms with E-state index in [0.717, 1.165) is 0 Å². The highest BCUT2D eigenvalue weighted by Gasteiger charge is 2.39. The Morgan fingerprint density at radius 2 is 1.78 bits per heavy atom. The molecule has 0 bridgehead atoms. The van der Waals surface area contributed by atoms with Crippen LogP contribution in [0.4, 0.5) is 17.6 Å². The fraction of sp³-hybridized carbons (Fsp3) is 1.00. The second-order valence-corrected chi connectivity index (χ2v) is 2.28. The SMILES string of the molecule is FC(CCBr)C(F)(F)F. The topological polar surface area (TPSA) is 0 Å². The average molecular weight is 209 g/mol. The summed E-state index contributed by atoms with van der Waals surface area (Å²) in [5, 5.41) is 0.0354. The van der Waals surface area contributed by atoms with Crippen LogP contribution in [0.15, 0.2) is 0 Å². The highest BCUT2D eigenvalue weighted by Crippen LogP contribution is 2.25. The molecule has 1 unspecified atom stereocenters. The molecule has 0 aromatic carbocycles. The summed E-state index contributed by atoms with van der Waals surface area (Å²) >= 11 is 2.70. The molecule has 0 aliphatic carbocycles. The number of hydrogen-bond donors (Lipinski definition) is 0. The maximum atomic E-state index is 11.8. The smallest absolute Gasteiger partial charge is 0.237 e. The summed E-state index contributed by atoms with van der Waals surface area (Å²) in [6.07, 6.45) is -7.88. The van der Waals surface area contributed by atoms with E-state index in [1.807, 2.05) is 0 Å². The van der Waals surface area contributed by atoms with Crippen molar-refractivity contribution >= 4 is 15.9 Å². The minimum atomic E-state index is -4.69. The maximum absolute atomic E-state index is 11.8. The van der Waals surface area contributed by atoms with Crippen molar-refractivity contribution in [2.24, 2.45) is 0 Å². The lowest BCUT2D eigenvalue weighted by molar-refractivity contribution is -0.180. The molecule has 0 radical (unpaired) electrons. The van der Waals surface area contributed by atoms with Crippen LogP contribution in [0, 0.1) is 0 Å². The third kappa shape index (κ3) is 3.72. The van der Waals surface area contributed by atoms with Gasteiger partial charge in [0, 0.05) is 5.33 Å². The molecular weight excluding hydrogens is 204 g/mol. The zero-order chi connectivity index (χ0) is 7.49. The Balaban J connectivity index is 3.59. The Kier molecular flexibility index (Phi) is 3.46. The summed E-state index contributed by atoms with van der Waals surface area (Å²) in [4.78, 5) is 0. The maximum Gasteiger partial charge on any atom is 0.419 e. The summed E-state index contributed by atoms with van der Waals surface area (Å²) in [7, 11) is 0. The van der Waals surface area contributed by atoms with Gasteiger partial charge in [0.25, 0.3) is 0 Å². The van der Waals surface area contributed by atoms with E-state index in [1.165, 1.54) is 0 Å². The Labute approximate surface area is 58.4 Å². The molecule has 0 rings (SSSR count). The fourth-order valence-electron chi connectivity index (χ4n) is 0.259. The van der Waals surface area contributed by atoms with Crippen molar-refractivity contribution in [2.75, 3.05) is 5.33 Å².